The van der Waals surface area contributed by atoms with Crippen molar-refractivity contribution in [2.45, 2.75) is 18.6 Å². The van der Waals surface area contributed by atoms with E-state index in [1.165, 1.54) is 29.2 Å². The number of nitrogens with zero attached hydrogens (tertiary/aromatic N) is 4. The normalized spacial score (nSPS) is 19.4. The van der Waals surface area contributed by atoms with Gasteiger partial charge in [-0.05, 0) is 12.5 Å². The molecule has 12 heteroatoms. The van der Waals surface area contributed by atoms with E-state index in [-0.39, 0.29) is 35.8 Å². The molecule has 0 spiro atoms. The van der Waals surface area contributed by atoms with Gasteiger partial charge in [-0.2, -0.15) is 23.5 Å². The number of primary amides is 1. The number of ether oxygens (including phenoxy) is 2. The second-order valence-corrected chi connectivity index (χ2v) is 6.32. The van der Waals surface area contributed by atoms with Crippen molar-refractivity contribution in [1.29, 1.82) is 5.26 Å². The number of pyridine rings is 1. The zero-order valence-electron chi connectivity index (χ0n) is 15.0. The third-order valence-electron chi connectivity index (χ3n) is 4.21. The topological polar surface area (TPSA) is 128 Å². The maximum Gasteiger partial charge on any atom is 0.422 e. The molecule has 1 amide bonds. The first-order valence-electron chi connectivity index (χ1n) is 8.56. The monoisotopic (exact) mass is 410 g/mol. The SMILES string of the molecule is N#C[C@H]1CCOC[C@@H]1n1cc(C(N)=O)c(Nc2ccc(OCC(F)(F)F)nc2)n1. The summed E-state index contributed by atoms with van der Waals surface area (Å²) in [5, 5.41) is 16.5. The number of amides is 1. The number of hydrogen-bond donors (Lipinski definition) is 2. The Bertz CT molecular complexity index is 907. The Labute approximate surface area is 163 Å². The van der Waals surface area contributed by atoms with E-state index in [2.05, 4.69) is 26.2 Å². The molecule has 0 bridgehead atoms. The molecule has 0 aromatic carbocycles. The van der Waals surface area contributed by atoms with Crippen LogP contribution in [0.25, 0.3) is 0 Å². The maximum atomic E-state index is 12.2. The number of aromatic nitrogens is 3. The minimum absolute atomic E-state index is 0.0876. The molecule has 2 atom stereocenters. The molecular weight excluding hydrogens is 393 g/mol. The minimum atomic E-state index is -4.47. The number of anilines is 2. The van der Waals surface area contributed by atoms with Crippen molar-refractivity contribution in [2.75, 3.05) is 25.1 Å². The van der Waals surface area contributed by atoms with Gasteiger partial charge in [0.2, 0.25) is 5.88 Å². The molecule has 1 aliphatic heterocycles. The summed E-state index contributed by atoms with van der Waals surface area (Å²) in [7, 11) is 0. The average Bonchev–Trinajstić information content (AvgIpc) is 3.10. The molecule has 1 fully saturated rings. The van der Waals surface area contributed by atoms with E-state index < -0.39 is 18.7 Å². The fourth-order valence-electron chi connectivity index (χ4n) is 2.80. The fraction of sp³-hybridized carbons (Fsp3) is 0.412. The van der Waals surface area contributed by atoms with Gasteiger partial charge < -0.3 is 20.5 Å². The van der Waals surface area contributed by atoms with E-state index in [9.17, 15) is 23.2 Å². The van der Waals surface area contributed by atoms with Gasteiger partial charge in [-0.1, -0.05) is 0 Å². The molecule has 3 N–H and O–H groups in total. The molecule has 2 aromatic heterocycles. The summed E-state index contributed by atoms with van der Waals surface area (Å²) >= 11 is 0. The van der Waals surface area contributed by atoms with Gasteiger partial charge in [0.05, 0.1) is 36.5 Å². The van der Waals surface area contributed by atoms with Crippen molar-refractivity contribution in [3.63, 3.8) is 0 Å². The van der Waals surface area contributed by atoms with Gasteiger partial charge in [0.25, 0.3) is 5.91 Å². The zero-order valence-corrected chi connectivity index (χ0v) is 15.0. The second kappa shape index (κ2) is 8.36. The highest BCUT2D eigenvalue weighted by Gasteiger charge is 2.30. The standard InChI is InChI=1S/C17H17F3N6O3/c18-17(19,20)9-29-14-2-1-11(6-23-14)24-16-12(15(22)27)7-26(25-16)13-8-28-4-3-10(13)5-21/h1-2,6-7,10,13H,3-4,8-9H2,(H2,22,27)(H,24,25)/t10-,13+/m1/s1. The number of nitrogens with two attached hydrogens (primary N) is 1. The summed E-state index contributed by atoms with van der Waals surface area (Å²) in [6, 6.07) is 4.50. The summed E-state index contributed by atoms with van der Waals surface area (Å²) in [5.41, 5.74) is 5.86. The third-order valence-corrected chi connectivity index (χ3v) is 4.21. The van der Waals surface area contributed by atoms with Crippen molar-refractivity contribution in [3.8, 4) is 11.9 Å². The first-order valence-corrected chi connectivity index (χ1v) is 8.56. The fourth-order valence-corrected chi connectivity index (χ4v) is 2.80. The molecule has 9 nitrogen and oxygen atoms in total. The van der Waals surface area contributed by atoms with Crippen molar-refractivity contribution < 1.29 is 27.4 Å². The molecule has 0 unspecified atom stereocenters. The summed E-state index contributed by atoms with van der Waals surface area (Å²) in [5.74, 6) is -1.14. The van der Waals surface area contributed by atoms with Crippen LogP contribution in [-0.2, 0) is 4.74 Å². The number of nitriles is 1. The van der Waals surface area contributed by atoms with E-state index in [0.29, 0.717) is 18.7 Å². The highest BCUT2D eigenvalue weighted by atomic mass is 19.4. The maximum absolute atomic E-state index is 12.2. The molecule has 29 heavy (non-hydrogen) atoms. The van der Waals surface area contributed by atoms with Crippen LogP contribution in [0.4, 0.5) is 24.7 Å². The molecule has 3 rings (SSSR count). The molecule has 0 radical (unpaired) electrons. The second-order valence-electron chi connectivity index (χ2n) is 6.32. The number of hydrogen-bond acceptors (Lipinski definition) is 7. The number of rotatable bonds is 6. The Kier molecular flexibility index (Phi) is 5.88. The van der Waals surface area contributed by atoms with Crippen LogP contribution in [0.1, 0.15) is 22.8 Å². The molecular formula is C17H17F3N6O3. The molecule has 1 aliphatic rings. The smallest absolute Gasteiger partial charge is 0.422 e. The first-order chi connectivity index (χ1) is 13.8. The number of nitrogens with one attached hydrogen (secondary N) is 1. The van der Waals surface area contributed by atoms with Gasteiger partial charge in [0.1, 0.15) is 5.56 Å². The number of carbonyl (C=O) groups is 1. The predicted octanol–water partition coefficient (Wildman–Crippen LogP) is 2.16. The minimum Gasteiger partial charge on any atom is -0.468 e. The lowest BCUT2D eigenvalue weighted by atomic mass is 9.97. The van der Waals surface area contributed by atoms with Crippen LogP contribution < -0.4 is 15.8 Å². The Morgan fingerprint density at radius 1 is 1.48 bits per heavy atom. The highest BCUT2D eigenvalue weighted by Crippen LogP contribution is 2.28. The van der Waals surface area contributed by atoms with Crippen molar-refractivity contribution in [1.82, 2.24) is 14.8 Å². The first kappa shape index (κ1) is 20.4. The van der Waals surface area contributed by atoms with Gasteiger partial charge in [-0.25, -0.2) is 4.98 Å². The summed E-state index contributed by atoms with van der Waals surface area (Å²) in [6.45, 7) is -0.713. The van der Waals surface area contributed by atoms with Crippen LogP contribution >= 0.6 is 0 Å². The van der Waals surface area contributed by atoms with Crippen molar-refractivity contribution >= 4 is 17.4 Å². The Hall–Kier alpha value is -3.33. The molecule has 154 valence electrons. The molecule has 0 aliphatic carbocycles. The summed E-state index contributed by atoms with van der Waals surface area (Å²) in [4.78, 5) is 15.6. The van der Waals surface area contributed by atoms with E-state index in [1.54, 1.807) is 0 Å². The molecule has 1 saturated heterocycles. The number of carbonyl (C=O) groups excluding carboxylic acids is 1. The van der Waals surface area contributed by atoms with Crippen LogP contribution in [-0.4, -0.2) is 46.7 Å². The molecule has 0 saturated carbocycles. The van der Waals surface area contributed by atoms with Gasteiger partial charge in [0, 0.05) is 18.9 Å². The van der Waals surface area contributed by atoms with Crippen LogP contribution in [0.15, 0.2) is 24.5 Å². The van der Waals surface area contributed by atoms with Crippen LogP contribution in [0.5, 0.6) is 5.88 Å². The van der Waals surface area contributed by atoms with E-state index in [0.717, 1.165) is 0 Å². The number of halogens is 3. The average molecular weight is 410 g/mol. The molecule has 3 heterocycles. The lowest BCUT2D eigenvalue weighted by Crippen LogP contribution is -2.29. The van der Waals surface area contributed by atoms with Gasteiger partial charge in [0.15, 0.2) is 12.4 Å². The van der Waals surface area contributed by atoms with Crippen molar-refractivity contribution in [3.05, 3.63) is 30.1 Å². The van der Waals surface area contributed by atoms with Crippen LogP contribution in [0.2, 0.25) is 0 Å². The Morgan fingerprint density at radius 2 is 2.28 bits per heavy atom. The van der Waals surface area contributed by atoms with Crippen LogP contribution in [0.3, 0.4) is 0 Å². The Morgan fingerprint density at radius 3 is 2.90 bits per heavy atom. The Balaban J connectivity index is 1.77. The van der Waals surface area contributed by atoms with E-state index >= 15 is 0 Å². The molecule has 2 aromatic rings. The zero-order chi connectivity index (χ0) is 21.0. The van der Waals surface area contributed by atoms with E-state index in [4.69, 9.17) is 10.5 Å². The third kappa shape index (κ3) is 5.14. The quantitative estimate of drug-likeness (QED) is 0.747. The van der Waals surface area contributed by atoms with Gasteiger partial charge in [-0.15, -0.1) is 0 Å². The summed E-state index contributed by atoms with van der Waals surface area (Å²) < 4.78 is 48.0. The van der Waals surface area contributed by atoms with Crippen LogP contribution in [0, 0.1) is 17.2 Å². The highest BCUT2D eigenvalue weighted by molar-refractivity contribution is 5.98. The predicted molar refractivity (Wildman–Crippen MR) is 93.4 cm³/mol. The van der Waals surface area contributed by atoms with Crippen molar-refractivity contribution in [2.24, 2.45) is 11.7 Å². The lowest BCUT2D eigenvalue weighted by Gasteiger charge is -2.26. The van der Waals surface area contributed by atoms with Gasteiger partial charge in [-0.3, -0.25) is 9.48 Å². The van der Waals surface area contributed by atoms with E-state index in [1.807, 2.05) is 0 Å². The summed E-state index contributed by atoms with van der Waals surface area (Å²) in [6.07, 6.45) is -1.26. The number of alkyl halides is 3. The van der Waals surface area contributed by atoms with Gasteiger partial charge >= 0.3 is 6.18 Å². The lowest BCUT2D eigenvalue weighted by molar-refractivity contribution is -0.154. The largest absolute Gasteiger partial charge is 0.468 e.